The maximum absolute atomic E-state index is 13.2. The minimum absolute atomic E-state index is 0.00655. The second kappa shape index (κ2) is 7.07. The average Bonchev–Trinajstić information content (AvgIpc) is 3.52. The Morgan fingerprint density at radius 1 is 0.677 bits per heavy atom. The molecule has 13 unspecified atom stereocenters. The fraction of sp³-hybridized carbons (Fsp3) is 0.789. The first-order valence-corrected chi connectivity index (χ1v) is 13.9. The Hall–Kier alpha value is 0.120. The molecule has 6 aliphatic rings. The summed E-state index contributed by atoms with van der Waals surface area (Å²) < 4.78 is 11.8. The lowest BCUT2D eigenvalue weighted by Crippen LogP contribution is -2.49. The van der Waals surface area contributed by atoms with Gasteiger partial charge in [-0.1, -0.05) is 63.7 Å². The lowest BCUT2D eigenvalue weighted by molar-refractivity contribution is -0.150. The van der Waals surface area contributed by atoms with E-state index in [1.165, 1.54) is 9.80 Å². The van der Waals surface area contributed by atoms with Crippen molar-refractivity contribution in [3.8, 4) is 0 Å². The Bertz CT molecular complexity index is 856. The Labute approximate surface area is 211 Å². The van der Waals surface area contributed by atoms with Crippen molar-refractivity contribution >= 4 is 87.3 Å². The molecule has 8 nitrogen and oxygen atoms in total. The van der Waals surface area contributed by atoms with Gasteiger partial charge in [0.2, 0.25) is 23.6 Å². The highest BCUT2D eigenvalue weighted by atomic mass is 79.9. The molecular formula is C19H18Br4N2O6. The number of imide groups is 2. The summed E-state index contributed by atoms with van der Waals surface area (Å²) in [4.78, 5) is 54.9. The molecule has 12 heteroatoms. The normalized spacial score (nSPS) is 53.2. The molecule has 6 rings (SSSR count). The highest BCUT2D eigenvalue weighted by Crippen LogP contribution is 2.55. The standard InChI is InChI=1S/C19H18Br4N2O6/c1-3(25-18(28)6-7(19(25)29)15-11(23)10(22)14(6)31-15)2-24-16(26)4-5(17(24)27)13-9(21)8(20)12(4)30-13/h3-15H,2H2,1H3. The number of hydrogen-bond donors (Lipinski definition) is 0. The second-order valence-electron chi connectivity index (χ2n) is 9.19. The Morgan fingerprint density at radius 3 is 1.35 bits per heavy atom. The summed E-state index contributed by atoms with van der Waals surface area (Å²) in [5.41, 5.74) is 0. The molecule has 4 bridgehead atoms. The van der Waals surface area contributed by atoms with E-state index in [4.69, 9.17) is 9.47 Å². The van der Waals surface area contributed by atoms with E-state index in [0.717, 1.165) is 0 Å². The van der Waals surface area contributed by atoms with Gasteiger partial charge < -0.3 is 9.47 Å². The molecule has 0 radical (unpaired) electrons. The van der Waals surface area contributed by atoms with E-state index in [2.05, 4.69) is 63.7 Å². The van der Waals surface area contributed by atoms with Crippen molar-refractivity contribution in [1.29, 1.82) is 0 Å². The monoisotopic (exact) mass is 686 g/mol. The zero-order chi connectivity index (χ0) is 22.1. The van der Waals surface area contributed by atoms with Crippen LogP contribution in [0.1, 0.15) is 6.92 Å². The molecule has 0 saturated carbocycles. The minimum atomic E-state index is -0.600. The summed E-state index contributed by atoms with van der Waals surface area (Å²) in [6, 6.07) is -0.600. The predicted octanol–water partition coefficient (Wildman–Crippen LogP) is 1.19. The van der Waals surface area contributed by atoms with Crippen molar-refractivity contribution in [2.24, 2.45) is 23.7 Å². The number of nitrogens with zero attached hydrogens (tertiary/aromatic N) is 2. The van der Waals surface area contributed by atoms with Crippen LogP contribution < -0.4 is 0 Å². The van der Waals surface area contributed by atoms with Gasteiger partial charge in [-0.2, -0.15) is 0 Å². The molecule has 6 heterocycles. The van der Waals surface area contributed by atoms with Gasteiger partial charge in [-0.3, -0.25) is 29.0 Å². The molecule has 0 spiro atoms. The molecule has 168 valence electrons. The molecule has 13 atom stereocenters. The molecule has 0 aromatic heterocycles. The van der Waals surface area contributed by atoms with Crippen molar-refractivity contribution in [3.63, 3.8) is 0 Å². The van der Waals surface area contributed by atoms with E-state index in [1.807, 2.05) is 0 Å². The predicted molar refractivity (Wildman–Crippen MR) is 120 cm³/mol. The molecule has 0 N–H and O–H groups in total. The Morgan fingerprint density at radius 2 is 1.00 bits per heavy atom. The third-order valence-corrected chi connectivity index (χ3v) is 13.5. The van der Waals surface area contributed by atoms with Crippen molar-refractivity contribution in [1.82, 2.24) is 9.80 Å². The van der Waals surface area contributed by atoms with Crippen LogP contribution in [0.15, 0.2) is 0 Å². The number of amides is 4. The summed E-state index contributed by atoms with van der Waals surface area (Å²) in [6.07, 6.45) is -1.43. The molecule has 6 saturated heterocycles. The molecule has 6 aliphatic heterocycles. The van der Waals surface area contributed by atoms with Gasteiger partial charge in [-0.05, 0) is 6.92 Å². The first-order valence-electron chi connectivity index (χ1n) is 10.2. The van der Waals surface area contributed by atoms with Crippen LogP contribution in [0.4, 0.5) is 0 Å². The topological polar surface area (TPSA) is 93.2 Å². The maximum Gasteiger partial charge on any atom is 0.236 e. The molecule has 31 heavy (non-hydrogen) atoms. The van der Waals surface area contributed by atoms with E-state index in [-0.39, 0.29) is 73.9 Å². The first-order chi connectivity index (χ1) is 14.6. The maximum atomic E-state index is 13.2. The van der Waals surface area contributed by atoms with Crippen molar-refractivity contribution in [2.45, 2.75) is 56.7 Å². The van der Waals surface area contributed by atoms with Crippen LogP contribution in [0.3, 0.4) is 0 Å². The number of carbonyl (C=O) groups is 4. The summed E-state index contributed by atoms with van der Waals surface area (Å²) >= 11 is 14.3. The number of likely N-dealkylation sites (tertiary alicyclic amines) is 2. The number of hydrogen-bond acceptors (Lipinski definition) is 6. The molecule has 4 amide bonds. The van der Waals surface area contributed by atoms with E-state index < -0.39 is 29.7 Å². The lowest BCUT2D eigenvalue weighted by Gasteiger charge is -2.28. The Balaban J connectivity index is 1.22. The van der Waals surface area contributed by atoms with Gasteiger partial charge in [0.1, 0.15) is 0 Å². The van der Waals surface area contributed by atoms with Crippen LogP contribution in [0.25, 0.3) is 0 Å². The van der Waals surface area contributed by atoms with Crippen LogP contribution in [0, 0.1) is 23.7 Å². The Kier molecular flexibility index (Phi) is 4.93. The summed E-state index contributed by atoms with van der Waals surface area (Å²) in [5.74, 6) is -3.17. The molecule has 0 aromatic carbocycles. The average molecular weight is 690 g/mol. The number of rotatable bonds is 3. The van der Waals surface area contributed by atoms with Gasteiger partial charge in [-0.15, -0.1) is 0 Å². The van der Waals surface area contributed by atoms with E-state index in [9.17, 15) is 19.2 Å². The fourth-order valence-corrected chi connectivity index (χ4v) is 9.39. The van der Waals surface area contributed by atoms with Gasteiger partial charge in [0.25, 0.3) is 0 Å². The smallest absolute Gasteiger partial charge is 0.236 e. The summed E-state index contributed by atoms with van der Waals surface area (Å²) in [6.45, 7) is 1.73. The molecular weight excluding hydrogens is 672 g/mol. The van der Waals surface area contributed by atoms with Gasteiger partial charge in [0.15, 0.2) is 0 Å². The van der Waals surface area contributed by atoms with Crippen LogP contribution >= 0.6 is 63.7 Å². The van der Waals surface area contributed by atoms with Gasteiger partial charge >= 0.3 is 0 Å². The van der Waals surface area contributed by atoms with Gasteiger partial charge in [0.05, 0.1) is 73.4 Å². The van der Waals surface area contributed by atoms with E-state index >= 15 is 0 Å². The van der Waals surface area contributed by atoms with Crippen LogP contribution in [-0.2, 0) is 28.7 Å². The summed E-state index contributed by atoms with van der Waals surface area (Å²) in [7, 11) is 0. The van der Waals surface area contributed by atoms with Crippen molar-refractivity contribution < 1.29 is 28.7 Å². The van der Waals surface area contributed by atoms with E-state index in [1.54, 1.807) is 6.92 Å². The number of ether oxygens (including phenoxy) is 2. The minimum Gasteiger partial charge on any atom is -0.371 e. The molecule has 0 aromatic rings. The zero-order valence-corrected chi connectivity index (χ0v) is 22.4. The molecule has 6 fully saturated rings. The largest absolute Gasteiger partial charge is 0.371 e. The molecule has 0 aliphatic carbocycles. The highest BCUT2D eigenvalue weighted by molar-refractivity contribution is 9.12. The first kappa shape index (κ1) is 21.6. The van der Waals surface area contributed by atoms with Gasteiger partial charge in [0, 0.05) is 6.54 Å². The number of fused-ring (bicyclic) bond motifs is 10. The van der Waals surface area contributed by atoms with E-state index in [0.29, 0.717) is 0 Å². The quantitative estimate of drug-likeness (QED) is 0.327. The van der Waals surface area contributed by atoms with Gasteiger partial charge in [-0.25, -0.2) is 0 Å². The third kappa shape index (κ3) is 2.58. The van der Waals surface area contributed by atoms with Crippen LogP contribution in [0.2, 0.25) is 0 Å². The van der Waals surface area contributed by atoms with Crippen LogP contribution in [-0.4, -0.2) is 89.7 Å². The van der Waals surface area contributed by atoms with Crippen LogP contribution in [0.5, 0.6) is 0 Å². The highest BCUT2D eigenvalue weighted by Gasteiger charge is 2.70. The number of alkyl halides is 4. The fourth-order valence-electron chi connectivity index (χ4n) is 6.37. The number of carbonyl (C=O) groups excluding carboxylic acids is 4. The zero-order valence-electron chi connectivity index (χ0n) is 16.1. The van der Waals surface area contributed by atoms with Crippen molar-refractivity contribution in [3.05, 3.63) is 0 Å². The van der Waals surface area contributed by atoms with Crippen molar-refractivity contribution in [2.75, 3.05) is 6.54 Å². The second-order valence-corrected chi connectivity index (χ2v) is 13.4. The summed E-state index contributed by atoms with van der Waals surface area (Å²) in [5, 5.41) is 0. The third-order valence-electron chi connectivity index (χ3n) is 7.72. The number of halogens is 4. The SMILES string of the molecule is CC(CN1C(=O)C2C3OC(C(Br)C3Br)C2C1=O)N1C(=O)C2C3OC(C(Br)C3Br)C2C1=O. The lowest BCUT2D eigenvalue weighted by atomic mass is 9.81.